The number of anilines is 2. The second kappa shape index (κ2) is 24.4. The molecule has 0 bridgehead atoms. The van der Waals surface area contributed by atoms with E-state index in [9.17, 15) is 19.2 Å². The molecule has 0 aliphatic carbocycles. The zero-order chi connectivity index (χ0) is 38.3. The Morgan fingerprint density at radius 3 is 0.830 bits per heavy atom. The molecule has 0 amide bonds. The molecule has 15 nitrogen and oxygen atoms in total. The lowest BCUT2D eigenvalue weighted by Crippen LogP contribution is -2.22. The van der Waals surface area contributed by atoms with Gasteiger partial charge in [-0.15, -0.1) is 0 Å². The summed E-state index contributed by atoms with van der Waals surface area (Å²) in [7, 11) is 7.62. The molecular weight excluding hydrogens is 692 g/mol. The molecule has 1 aliphatic heterocycles. The highest BCUT2D eigenvalue weighted by atomic mass is 16.6. The summed E-state index contributed by atoms with van der Waals surface area (Å²) in [6.07, 6.45) is 2.82. The molecule has 0 aromatic heterocycles. The molecule has 1 fully saturated rings. The third-order valence-electron chi connectivity index (χ3n) is 7.28. The fourth-order valence-corrected chi connectivity index (χ4v) is 4.42. The summed E-state index contributed by atoms with van der Waals surface area (Å²) in [5.74, 6) is -3.43. The maximum absolute atomic E-state index is 12.9. The van der Waals surface area contributed by atoms with Gasteiger partial charge in [-0.1, -0.05) is 24.3 Å². The van der Waals surface area contributed by atoms with Crippen molar-refractivity contribution in [2.45, 2.75) is 0 Å². The van der Waals surface area contributed by atoms with Gasteiger partial charge in [0.15, 0.2) is 0 Å². The van der Waals surface area contributed by atoms with Gasteiger partial charge in [-0.05, 0) is 47.5 Å². The third kappa shape index (κ3) is 16.6. The lowest BCUT2D eigenvalue weighted by Gasteiger charge is -2.13. The van der Waals surface area contributed by atoms with Crippen LogP contribution in [0.1, 0.15) is 11.1 Å². The maximum Gasteiger partial charge on any atom is 0.345 e. The summed E-state index contributed by atoms with van der Waals surface area (Å²) >= 11 is 0. The Bertz CT molecular complexity index is 1380. The first-order valence-corrected chi connectivity index (χ1v) is 17.2. The summed E-state index contributed by atoms with van der Waals surface area (Å²) in [4.78, 5) is 55.5. The van der Waals surface area contributed by atoms with Crippen molar-refractivity contribution in [2.75, 3.05) is 130 Å². The molecule has 0 spiro atoms. The van der Waals surface area contributed by atoms with Crippen molar-refractivity contribution in [3.63, 3.8) is 0 Å². The predicted octanol–water partition coefficient (Wildman–Crippen LogP) is 2.56. The zero-order valence-electron chi connectivity index (χ0n) is 30.9. The molecule has 53 heavy (non-hydrogen) atoms. The molecule has 2 aromatic rings. The van der Waals surface area contributed by atoms with Crippen LogP contribution in [0.25, 0.3) is 12.2 Å². The lowest BCUT2D eigenvalue weighted by atomic mass is 10.1. The SMILES string of the molecule is CN(C)c1ccc(/C=C2/C(=O)OCCOCCOCCOCCOC(=O)/C(=C\c3ccc(N(C)C)cc3)C(=O)OCCOCCOCCOC2=O)cc1. The van der Waals surface area contributed by atoms with Crippen LogP contribution in [0.2, 0.25) is 0 Å². The standard InChI is InChI=1S/C38H50N2O13/c1-39(2)31-9-5-29(6-10-31)27-33-35(41)50-23-19-46-15-13-45-14-16-47-20-24-51-36(42)34(28-30-7-11-32(12-8-30)40(3)4)38(44)53-26-22-49-18-17-48-21-25-52-37(33)43/h5-12,27-28H,13-26H2,1-4H3/b33-27-,34-28+. The van der Waals surface area contributed by atoms with E-state index in [1.807, 2.05) is 62.3 Å². The topological polar surface area (TPSA) is 158 Å². The van der Waals surface area contributed by atoms with Crippen LogP contribution in [0.4, 0.5) is 11.4 Å². The fraction of sp³-hybridized carbons (Fsp3) is 0.474. The summed E-state index contributed by atoms with van der Waals surface area (Å²) in [6.45, 7) is 1.08. The smallest absolute Gasteiger partial charge is 0.345 e. The molecule has 290 valence electrons. The van der Waals surface area contributed by atoms with Crippen LogP contribution in [0.5, 0.6) is 0 Å². The van der Waals surface area contributed by atoms with Gasteiger partial charge < -0.3 is 52.4 Å². The van der Waals surface area contributed by atoms with E-state index in [0.29, 0.717) is 11.1 Å². The number of hydrogen-bond donors (Lipinski definition) is 0. The predicted molar refractivity (Wildman–Crippen MR) is 195 cm³/mol. The van der Waals surface area contributed by atoms with Gasteiger partial charge in [0.05, 0.1) is 66.1 Å². The van der Waals surface area contributed by atoms with Gasteiger partial charge in [0, 0.05) is 39.6 Å². The van der Waals surface area contributed by atoms with Crippen LogP contribution in [-0.4, -0.2) is 145 Å². The van der Waals surface area contributed by atoms with Gasteiger partial charge in [-0.3, -0.25) is 0 Å². The summed E-state index contributed by atoms with van der Waals surface area (Å²) in [5, 5.41) is 0. The largest absolute Gasteiger partial charge is 0.459 e. The molecule has 0 atom stereocenters. The number of nitrogens with zero attached hydrogens (tertiary/aromatic N) is 2. The molecule has 0 N–H and O–H groups in total. The first kappa shape index (κ1) is 42.6. The summed E-state index contributed by atoms with van der Waals surface area (Å²) in [6, 6.07) is 14.5. The Kier molecular flexibility index (Phi) is 19.7. The molecule has 0 saturated carbocycles. The van der Waals surface area contributed by atoms with Crippen LogP contribution in [-0.2, 0) is 61.8 Å². The van der Waals surface area contributed by atoms with Crippen LogP contribution in [0, 0.1) is 0 Å². The minimum absolute atomic E-state index is 0.0384. The molecule has 2 aromatic carbocycles. The van der Waals surface area contributed by atoms with Gasteiger partial charge >= 0.3 is 23.9 Å². The first-order valence-electron chi connectivity index (χ1n) is 17.2. The number of carbonyl (C=O) groups is 4. The van der Waals surface area contributed by atoms with Crippen LogP contribution < -0.4 is 9.80 Å². The zero-order valence-corrected chi connectivity index (χ0v) is 30.9. The Morgan fingerprint density at radius 1 is 0.377 bits per heavy atom. The monoisotopic (exact) mass is 742 g/mol. The summed E-state index contributed by atoms with van der Waals surface area (Å²) in [5.41, 5.74) is 2.56. The minimum atomic E-state index is -0.864. The van der Waals surface area contributed by atoms with Crippen molar-refractivity contribution in [3.8, 4) is 0 Å². The van der Waals surface area contributed by atoms with Crippen molar-refractivity contribution >= 4 is 47.4 Å². The maximum atomic E-state index is 12.9. The molecule has 0 unspecified atom stereocenters. The van der Waals surface area contributed by atoms with E-state index in [2.05, 4.69) is 0 Å². The fourth-order valence-electron chi connectivity index (χ4n) is 4.42. The highest BCUT2D eigenvalue weighted by Gasteiger charge is 2.23. The molecule has 1 saturated heterocycles. The molecule has 3 rings (SSSR count). The van der Waals surface area contributed by atoms with Crippen LogP contribution in [0.3, 0.4) is 0 Å². The van der Waals surface area contributed by atoms with E-state index in [1.54, 1.807) is 24.3 Å². The van der Waals surface area contributed by atoms with Gasteiger partial charge in [-0.25, -0.2) is 19.2 Å². The Morgan fingerprint density at radius 2 is 0.604 bits per heavy atom. The van der Waals surface area contributed by atoms with Crippen molar-refractivity contribution in [1.29, 1.82) is 0 Å². The number of hydrogen-bond acceptors (Lipinski definition) is 15. The minimum Gasteiger partial charge on any atom is -0.459 e. The number of cyclic esters (lactones) is 4. The number of benzene rings is 2. The second-order valence-corrected chi connectivity index (χ2v) is 11.7. The van der Waals surface area contributed by atoms with Crippen molar-refractivity contribution in [1.82, 2.24) is 0 Å². The highest BCUT2D eigenvalue weighted by Crippen LogP contribution is 2.17. The van der Waals surface area contributed by atoms with Crippen molar-refractivity contribution in [3.05, 3.63) is 70.8 Å². The molecular formula is C38H50N2O13. The Labute approximate surface area is 310 Å². The quantitative estimate of drug-likeness (QED) is 0.195. The summed E-state index contributed by atoms with van der Waals surface area (Å²) < 4.78 is 48.5. The third-order valence-corrected chi connectivity index (χ3v) is 7.28. The number of esters is 4. The van der Waals surface area contributed by atoms with Gasteiger partial charge in [0.1, 0.15) is 37.6 Å². The lowest BCUT2D eigenvalue weighted by molar-refractivity contribution is -0.150. The number of ether oxygens (including phenoxy) is 9. The van der Waals surface area contributed by atoms with E-state index in [0.717, 1.165) is 11.4 Å². The average molecular weight is 743 g/mol. The average Bonchev–Trinajstić information content (AvgIpc) is 3.15. The molecule has 1 heterocycles. The van der Waals surface area contributed by atoms with Crippen molar-refractivity contribution in [2.24, 2.45) is 0 Å². The number of rotatable bonds is 4. The molecule has 0 radical (unpaired) electrons. The van der Waals surface area contributed by atoms with E-state index in [-0.39, 0.29) is 104 Å². The van der Waals surface area contributed by atoms with Crippen molar-refractivity contribution < 1.29 is 61.8 Å². The van der Waals surface area contributed by atoms with Gasteiger partial charge in [0.25, 0.3) is 0 Å². The second-order valence-electron chi connectivity index (χ2n) is 11.7. The Balaban J connectivity index is 1.58. The highest BCUT2D eigenvalue weighted by molar-refractivity contribution is 6.18. The van der Waals surface area contributed by atoms with E-state index < -0.39 is 23.9 Å². The van der Waals surface area contributed by atoms with Gasteiger partial charge in [0.2, 0.25) is 0 Å². The van der Waals surface area contributed by atoms with E-state index in [1.165, 1.54) is 12.2 Å². The van der Waals surface area contributed by atoms with E-state index >= 15 is 0 Å². The molecule has 15 heteroatoms. The first-order chi connectivity index (χ1) is 25.7. The van der Waals surface area contributed by atoms with Crippen LogP contribution >= 0.6 is 0 Å². The normalized spacial score (nSPS) is 19.5. The number of carbonyl (C=O) groups excluding carboxylic acids is 4. The van der Waals surface area contributed by atoms with E-state index in [4.69, 9.17) is 42.6 Å². The van der Waals surface area contributed by atoms with Crippen LogP contribution in [0.15, 0.2) is 59.7 Å². The van der Waals surface area contributed by atoms with Gasteiger partial charge in [-0.2, -0.15) is 0 Å². The molecule has 1 aliphatic rings. The Hall–Kier alpha value is -4.80.